The summed E-state index contributed by atoms with van der Waals surface area (Å²) in [6.07, 6.45) is 0. The zero-order chi connectivity index (χ0) is 12.3. The number of aromatic nitrogens is 4. The highest BCUT2D eigenvalue weighted by Gasteiger charge is 2.06. The molecule has 1 aromatic carbocycles. The van der Waals surface area contributed by atoms with E-state index in [2.05, 4.69) is 20.7 Å². The molecular formula is C10H11Cl2N5. The van der Waals surface area contributed by atoms with E-state index in [9.17, 15) is 0 Å². The topological polar surface area (TPSA) is 55.6 Å². The maximum absolute atomic E-state index is 6.04. The van der Waals surface area contributed by atoms with Crippen LogP contribution in [0.1, 0.15) is 12.5 Å². The van der Waals surface area contributed by atoms with Crippen molar-refractivity contribution in [1.29, 1.82) is 0 Å². The van der Waals surface area contributed by atoms with Gasteiger partial charge in [0.2, 0.25) is 0 Å². The first-order chi connectivity index (χ1) is 8.20. The second kappa shape index (κ2) is 5.33. The number of nitrogens with zero attached hydrogens (tertiary/aromatic N) is 4. The van der Waals surface area contributed by atoms with Crippen LogP contribution in [0.5, 0.6) is 0 Å². The number of nitrogens with one attached hydrogen (secondary N) is 1. The molecule has 0 aliphatic rings. The third kappa shape index (κ3) is 2.87. The van der Waals surface area contributed by atoms with Gasteiger partial charge < -0.3 is 5.32 Å². The summed E-state index contributed by atoms with van der Waals surface area (Å²) in [6.45, 7) is 3.09. The Labute approximate surface area is 109 Å². The molecule has 0 radical (unpaired) electrons. The standard InChI is InChI=1S/C10H11Cl2N5/c1-2-17-15-10(14-16-17)13-6-7-8(11)4-3-5-9(7)12/h3-5H,2,6H2,1H3,(H,13,15). The molecule has 2 rings (SSSR count). The first-order valence-corrected chi connectivity index (χ1v) is 5.91. The number of rotatable bonds is 4. The quantitative estimate of drug-likeness (QED) is 0.929. The van der Waals surface area contributed by atoms with Crippen molar-refractivity contribution in [1.82, 2.24) is 20.2 Å². The Morgan fingerprint density at radius 1 is 1.29 bits per heavy atom. The molecule has 1 aromatic heterocycles. The molecule has 0 spiro atoms. The third-order valence-electron chi connectivity index (χ3n) is 2.22. The van der Waals surface area contributed by atoms with Gasteiger partial charge in [-0.2, -0.15) is 4.80 Å². The zero-order valence-corrected chi connectivity index (χ0v) is 10.7. The van der Waals surface area contributed by atoms with Crippen molar-refractivity contribution in [2.75, 3.05) is 5.32 Å². The summed E-state index contributed by atoms with van der Waals surface area (Å²) in [6, 6.07) is 5.39. The molecule has 0 amide bonds. The Kier molecular flexibility index (Phi) is 3.81. The molecule has 7 heteroatoms. The smallest absolute Gasteiger partial charge is 0.263 e. The predicted molar refractivity (Wildman–Crippen MR) is 67.3 cm³/mol. The van der Waals surface area contributed by atoms with Gasteiger partial charge in [-0.05, 0) is 24.3 Å². The van der Waals surface area contributed by atoms with Crippen LogP contribution in [0, 0.1) is 0 Å². The average Bonchev–Trinajstić information content (AvgIpc) is 2.76. The van der Waals surface area contributed by atoms with Crippen molar-refractivity contribution < 1.29 is 0 Å². The van der Waals surface area contributed by atoms with Crippen molar-refractivity contribution in [3.05, 3.63) is 33.8 Å². The molecule has 0 aliphatic carbocycles. The molecule has 5 nitrogen and oxygen atoms in total. The molecule has 17 heavy (non-hydrogen) atoms. The Morgan fingerprint density at radius 3 is 2.59 bits per heavy atom. The molecule has 2 aromatic rings. The highest BCUT2D eigenvalue weighted by atomic mass is 35.5. The van der Waals surface area contributed by atoms with E-state index >= 15 is 0 Å². The first kappa shape index (κ1) is 12.1. The van der Waals surface area contributed by atoms with Crippen LogP contribution < -0.4 is 5.32 Å². The van der Waals surface area contributed by atoms with Crippen LogP contribution in [-0.2, 0) is 13.1 Å². The van der Waals surface area contributed by atoms with Crippen LogP contribution in [0.2, 0.25) is 10.0 Å². The summed E-state index contributed by atoms with van der Waals surface area (Å²) in [4.78, 5) is 1.50. The Hall–Kier alpha value is -1.33. The molecule has 90 valence electrons. The Morgan fingerprint density at radius 2 is 2.00 bits per heavy atom. The lowest BCUT2D eigenvalue weighted by molar-refractivity contribution is 0.552. The number of benzene rings is 1. The first-order valence-electron chi connectivity index (χ1n) is 5.15. The van der Waals surface area contributed by atoms with Crippen LogP contribution in [0.25, 0.3) is 0 Å². The number of tetrazole rings is 1. The summed E-state index contributed by atoms with van der Waals surface area (Å²) >= 11 is 12.1. The number of hydrogen-bond acceptors (Lipinski definition) is 4. The maximum Gasteiger partial charge on any atom is 0.263 e. The lowest BCUT2D eigenvalue weighted by atomic mass is 10.2. The number of hydrogen-bond donors (Lipinski definition) is 1. The van der Waals surface area contributed by atoms with Crippen LogP contribution in [0.3, 0.4) is 0 Å². The third-order valence-corrected chi connectivity index (χ3v) is 2.93. The number of aryl methyl sites for hydroxylation is 1. The van der Waals surface area contributed by atoms with Crippen LogP contribution in [0.15, 0.2) is 18.2 Å². The van der Waals surface area contributed by atoms with E-state index in [0.29, 0.717) is 29.1 Å². The molecule has 0 aliphatic heterocycles. The van der Waals surface area contributed by atoms with E-state index in [-0.39, 0.29) is 0 Å². The fourth-order valence-electron chi connectivity index (χ4n) is 1.32. The van der Waals surface area contributed by atoms with Gasteiger partial charge in [-0.3, -0.25) is 0 Å². The van der Waals surface area contributed by atoms with Gasteiger partial charge >= 0.3 is 0 Å². The summed E-state index contributed by atoms with van der Waals surface area (Å²) in [5, 5.41) is 16.0. The summed E-state index contributed by atoms with van der Waals surface area (Å²) in [5.41, 5.74) is 0.823. The van der Waals surface area contributed by atoms with Crippen molar-refractivity contribution in [2.24, 2.45) is 0 Å². The summed E-state index contributed by atoms with van der Waals surface area (Å²) in [5.74, 6) is 0.461. The summed E-state index contributed by atoms with van der Waals surface area (Å²) in [7, 11) is 0. The molecule has 0 saturated heterocycles. The minimum absolute atomic E-state index is 0.461. The van der Waals surface area contributed by atoms with Crippen molar-refractivity contribution in [3.63, 3.8) is 0 Å². The highest BCUT2D eigenvalue weighted by Crippen LogP contribution is 2.24. The Balaban J connectivity index is 2.07. The second-order valence-electron chi connectivity index (χ2n) is 3.36. The van der Waals surface area contributed by atoms with Gasteiger partial charge in [0.25, 0.3) is 5.95 Å². The van der Waals surface area contributed by atoms with Gasteiger partial charge in [0.05, 0.1) is 6.54 Å². The largest absolute Gasteiger partial charge is 0.347 e. The van der Waals surface area contributed by atoms with Crippen LogP contribution >= 0.6 is 23.2 Å². The number of anilines is 1. The molecule has 1 heterocycles. The minimum atomic E-state index is 0.461. The number of halogens is 2. The van der Waals surface area contributed by atoms with Crippen molar-refractivity contribution in [3.8, 4) is 0 Å². The summed E-state index contributed by atoms with van der Waals surface area (Å²) < 4.78 is 0. The van der Waals surface area contributed by atoms with E-state index in [0.717, 1.165) is 5.56 Å². The maximum atomic E-state index is 6.04. The fraction of sp³-hybridized carbons (Fsp3) is 0.300. The Bertz CT molecular complexity index is 491. The van der Waals surface area contributed by atoms with Gasteiger partial charge in [-0.1, -0.05) is 34.4 Å². The highest BCUT2D eigenvalue weighted by molar-refractivity contribution is 6.36. The monoisotopic (exact) mass is 271 g/mol. The minimum Gasteiger partial charge on any atom is -0.347 e. The fourth-order valence-corrected chi connectivity index (χ4v) is 1.85. The predicted octanol–water partition coefficient (Wildman–Crippen LogP) is 2.61. The molecular weight excluding hydrogens is 261 g/mol. The van der Waals surface area contributed by atoms with E-state index < -0.39 is 0 Å². The van der Waals surface area contributed by atoms with Gasteiger partial charge in [0.1, 0.15) is 0 Å². The normalized spacial score (nSPS) is 10.5. The molecule has 0 fully saturated rings. The van der Waals surface area contributed by atoms with E-state index in [1.165, 1.54) is 4.80 Å². The van der Waals surface area contributed by atoms with Crippen molar-refractivity contribution >= 4 is 29.2 Å². The van der Waals surface area contributed by atoms with Gasteiger partial charge in [0.15, 0.2) is 0 Å². The van der Waals surface area contributed by atoms with E-state index in [1.54, 1.807) is 18.2 Å². The average molecular weight is 272 g/mol. The lowest BCUT2D eigenvalue weighted by Crippen LogP contribution is -2.03. The van der Waals surface area contributed by atoms with E-state index in [1.807, 2.05) is 6.92 Å². The van der Waals surface area contributed by atoms with Gasteiger partial charge in [-0.25, -0.2) is 0 Å². The van der Waals surface area contributed by atoms with Gasteiger partial charge in [0, 0.05) is 22.2 Å². The lowest BCUT2D eigenvalue weighted by Gasteiger charge is -2.06. The molecule has 1 N–H and O–H groups in total. The van der Waals surface area contributed by atoms with Crippen LogP contribution in [-0.4, -0.2) is 20.2 Å². The molecule has 0 unspecified atom stereocenters. The molecule has 0 bridgehead atoms. The molecule has 0 atom stereocenters. The SMILES string of the molecule is CCn1nnc(NCc2c(Cl)cccc2Cl)n1. The molecule has 0 saturated carbocycles. The van der Waals surface area contributed by atoms with Crippen molar-refractivity contribution in [2.45, 2.75) is 20.0 Å². The van der Waals surface area contributed by atoms with E-state index in [4.69, 9.17) is 23.2 Å². The van der Waals surface area contributed by atoms with Gasteiger partial charge in [-0.15, -0.1) is 5.10 Å². The zero-order valence-electron chi connectivity index (χ0n) is 9.19. The second-order valence-corrected chi connectivity index (χ2v) is 4.17. The van der Waals surface area contributed by atoms with Crippen LogP contribution in [0.4, 0.5) is 5.95 Å².